The van der Waals surface area contributed by atoms with E-state index in [1.165, 1.54) is 12.1 Å². The zero-order chi connectivity index (χ0) is 28.2. The van der Waals surface area contributed by atoms with Crippen molar-refractivity contribution in [3.8, 4) is 0 Å². The molecule has 1 atom stereocenters. The summed E-state index contributed by atoms with van der Waals surface area (Å²) < 4.78 is 13.7. The first-order chi connectivity index (χ1) is 19.5. The molecule has 1 N–H and O–H groups in total. The standard InChI is InChI=1S/C35H37FN2O2/c1-2-3-23-37-35(40)33(24-27-13-7-4-8-14-27)38(26-28-19-21-31(36)22-20-28)34(39)25-32(29-15-9-5-10-16-29)30-17-11-6-12-18-30/h4-22,32-33H,2-3,23-26H2,1H3,(H,37,40). The van der Waals surface area contributed by atoms with E-state index in [0.29, 0.717) is 13.0 Å². The second-order valence-electron chi connectivity index (χ2n) is 10.1. The smallest absolute Gasteiger partial charge is 0.243 e. The van der Waals surface area contributed by atoms with Gasteiger partial charge in [-0.3, -0.25) is 9.59 Å². The number of benzene rings is 4. The molecule has 0 bridgehead atoms. The molecule has 4 aromatic rings. The average Bonchev–Trinajstić information content (AvgIpc) is 3.00. The van der Waals surface area contributed by atoms with Gasteiger partial charge in [0.1, 0.15) is 11.9 Å². The topological polar surface area (TPSA) is 49.4 Å². The first-order valence-corrected chi connectivity index (χ1v) is 14.0. The Morgan fingerprint density at radius 3 is 1.85 bits per heavy atom. The number of nitrogens with zero attached hydrogens (tertiary/aromatic N) is 1. The monoisotopic (exact) mass is 536 g/mol. The Labute approximate surface area is 236 Å². The van der Waals surface area contributed by atoms with Crippen LogP contribution in [0.3, 0.4) is 0 Å². The van der Waals surface area contributed by atoms with Crippen LogP contribution in [0.1, 0.15) is 54.4 Å². The number of hydrogen-bond acceptors (Lipinski definition) is 2. The third-order valence-corrected chi connectivity index (χ3v) is 7.15. The minimum absolute atomic E-state index is 0.131. The van der Waals surface area contributed by atoms with Crippen LogP contribution >= 0.6 is 0 Å². The predicted molar refractivity (Wildman–Crippen MR) is 158 cm³/mol. The molecule has 5 heteroatoms. The van der Waals surface area contributed by atoms with Crippen molar-refractivity contribution in [2.45, 2.75) is 51.1 Å². The quantitative estimate of drug-likeness (QED) is 0.189. The van der Waals surface area contributed by atoms with Crippen molar-refractivity contribution in [3.05, 3.63) is 143 Å². The van der Waals surface area contributed by atoms with E-state index in [4.69, 9.17) is 0 Å². The molecule has 0 aliphatic heterocycles. The molecule has 0 spiro atoms. The first kappa shape index (κ1) is 28.8. The van der Waals surface area contributed by atoms with Crippen LogP contribution in [0.4, 0.5) is 4.39 Å². The van der Waals surface area contributed by atoms with E-state index in [2.05, 4.69) is 12.2 Å². The number of unbranched alkanes of at least 4 members (excludes halogenated alkanes) is 1. The highest BCUT2D eigenvalue weighted by Gasteiger charge is 2.32. The Kier molecular flexibility index (Phi) is 10.6. The Bertz CT molecular complexity index is 1290. The Morgan fingerprint density at radius 1 is 0.750 bits per heavy atom. The summed E-state index contributed by atoms with van der Waals surface area (Å²) in [6.45, 7) is 2.83. The highest BCUT2D eigenvalue weighted by atomic mass is 19.1. The fraction of sp³-hybridized carbons (Fsp3) is 0.257. The van der Waals surface area contributed by atoms with Gasteiger partial charge in [0.15, 0.2) is 0 Å². The van der Waals surface area contributed by atoms with Gasteiger partial charge in [0.05, 0.1) is 0 Å². The Hall–Kier alpha value is -4.25. The summed E-state index contributed by atoms with van der Waals surface area (Å²) in [5.41, 5.74) is 3.81. The van der Waals surface area contributed by atoms with Crippen molar-refractivity contribution in [2.24, 2.45) is 0 Å². The van der Waals surface area contributed by atoms with Crippen molar-refractivity contribution in [1.29, 1.82) is 0 Å². The molecule has 0 saturated heterocycles. The van der Waals surface area contributed by atoms with E-state index in [-0.39, 0.29) is 36.5 Å². The van der Waals surface area contributed by atoms with Crippen molar-refractivity contribution in [1.82, 2.24) is 10.2 Å². The maximum Gasteiger partial charge on any atom is 0.243 e. The van der Waals surface area contributed by atoms with Gasteiger partial charge < -0.3 is 10.2 Å². The molecule has 1 unspecified atom stereocenters. The predicted octanol–water partition coefficient (Wildman–Crippen LogP) is 6.90. The van der Waals surface area contributed by atoms with Crippen LogP contribution in [-0.2, 0) is 22.6 Å². The van der Waals surface area contributed by atoms with Crippen LogP contribution in [0.15, 0.2) is 115 Å². The molecule has 2 amide bonds. The second-order valence-corrected chi connectivity index (χ2v) is 10.1. The van der Waals surface area contributed by atoms with Gasteiger partial charge in [-0.05, 0) is 40.8 Å². The molecule has 4 nitrogen and oxygen atoms in total. The van der Waals surface area contributed by atoms with Gasteiger partial charge in [0.2, 0.25) is 11.8 Å². The minimum Gasteiger partial charge on any atom is -0.354 e. The van der Waals surface area contributed by atoms with E-state index in [9.17, 15) is 14.0 Å². The van der Waals surface area contributed by atoms with Crippen LogP contribution < -0.4 is 5.32 Å². The molecule has 0 fully saturated rings. The third-order valence-electron chi connectivity index (χ3n) is 7.15. The Balaban J connectivity index is 1.71. The zero-order valence-electron chi connectivity index (χ0n) is 23.0. The maximum atomic E-state index is 14.3. The van der Waals surface area contributed by atoms with Gasteiger partial charge in [0, 0.05) is 31.8 Å². The van der Waals surface area contributed by atoms with Gasteiger partial charge in [-0.1, -0.05) is 116 Å². The molecule has 206 valence electrons. The van der Waals surface area contributed by atoms with Crippen molar-refractivity contribution < 1.29 is 14.0 Å². The third kappa shape index (κ3) is 8.12. The van der Waals surface area contributed by atoms with Crippen molar-refractivity contribution >= 4 is 11.8 Å². The second kappa shape index (κ2) is 14.8. The van der Waals surface area contributed by atoms with Gasteiger partial charge in [-0.15, -0.1) is 0 Å². The van der Waals surface area contributed by atoms with Gasteiger partial charge >= 0.3 is 0 Å². The van der Waals surface area contributed by atoms with E-state index < -0.39 is 6.04 Å². The molecular formula is C35H37FN2O2. The van der Waals surface area contributed by atoms with E-state index >= 15 is 0 Å². The number of amides is 2. The lowest BCUT2D eigenvalue weighted by Gasteiger charge is -2.33. The van der Waals surface area contributed by atoms with Gasteiger partial charge in [-0.25, -0.2) is 4.39 Å². The normalized spacial score (nSPS) is 11.7. The number of carbonyl (C=O) groups is 2. The zero-order valence-corrected chi connectivity index (χ0v) is 23.0. The summed E-state index contributed by atoms with van der Waals surface area (Å²) in [6, 6.07) is 35.2. The Morgan fingerprint density at radius 2 is 1.30 bits per heavy atom. The number of hydrogen-bond donors (Lipinski definition) is 1. The fourth-order valence-electron chi connectivity index (χ4n) is 4.94. The highest BCUT2D eigenvalue weighted by molar-refractivity contribution is 5.88. The molecule has 40 heavy (non-hydrogen) atoms. The minimum atomic E-state index is -0.719. The average molecular weight is 537 g/mol. The lowest BCUT2D eigenvalue weighted by Crippen LogP contribution is -2.51. The first-order valence-electron chi connectivity index (χ1n) is 14.0. The summed E-state index contributed by atoms with van der Waals surface area (Å²) in [6.07, 6.45) is 2.40. The number of rotatable bonds is 13. The number of nitrogens with one attached hydrogen (secondary N) is 1. The van der Waals surface area contributed by atoms with Gasteiger partial charge in [-0.2, -0.15) is 0 Å². The van der Waals surface area contributed by atoms with E-state index in [1.54, 1.807) is 17.0 Å². The molecular weight excluding hydrogens is 499 g/mol. The molecule has 0 saturated carbocycles. The molecule has 0 radical (unpaired) electrons. The molecule has 0 aromatic heterocycles. The van der Waals surface area contributed by atoms with Crippen LogP contribution in [0.2, 0.25) is 0 Å². The molecule has 4 aromatic carbocycles. The fourth-order valence-corrected chi connectivity index (χ4v) is 4.94. The lowest BCUT2D eigenvalue weighted by atomic mass is 9.87. The van der Waals surface area contributed by atoms with Crippen molar-refractivity contribution in [3.63, 3.8) is 0 Å². The summed E-state index contributed by atoms with van der Waals surface area (Å²) in [4.78, 5) is 29.7. The summed E-state index contributed by atoms with van der Waals surface area (Å²) in [5, 5.41) is 3.06. The largest absolute Gasteiger partial charge is 0.354 e. The summed E-state index contributed by atoms with van der Waals surface area (Å²) in [5.74, 6) is -0.823. The lowest BCUT2D eigenvalue weighted by molar-refractivity contribution is -0.141. The van der Waals surface area contributed by atoms with Crippen LogP contribution in [0.25, 0.3) is 0 Å². The van der Waals surface area contributed by atoms with Crippen LogP contribution in [0.5, 0.6) is 0 Å². The molecule has 0 aliphatic carbocycles. The van der Waals surface area contributed by atoms with Crippen LogP contribution in [-0.4, -0.2) is 29.3 Å². The van der Waals surface area contributed by atoms with E-state index in [1.807, 2.05) is 91.0 Å². The molecule has 0 heterocycles. The molecule has 0 aliphatic rings. The highest BCUT2D eigenvalue weighted by Crippen LogP contribution is 2.30. The van der Waals surface area contributed by atoms with Crippen molar-refractivity contribution in [2.75, 3.05) is 6.54 Å². The SMILES string of the molecule is CCCCNC(=O)C(Cc1ccccc1)N(Cc1ccc(F)cc1)C(=O)CC(c1ccccc1)c1ccccc1. The van der Waals surface area contributed by atoms with Gasteiger partial charge in [0.25, 0.3) is 0 Å². The summed E-state index contributed by atoms with van der Waals surface area (Å²) in [7, 11) is 0. The van der Waals surface area contributed by atoms with E-state index in [0.717, 1.165) is 35.1 Å². The number of halogens is 1. The molecule has 4 rings (SSSR count). The maximum absolute atomic E-state index is 14.3. The van der Waals surface area contributed by atoms with Crippen LogP contribution in [0, 0.1) is 5.82 Å². The number of carbonyl (C=O) groups excluding carboxylic acids is 2. The summed E-state index contributed by atoms with van der Waals surface area (Å²) >= 11 is 0.